The van der Waals surface area contributed by atoms with Crippen molar-refractivity contribution in [3.63, 3.8) is 0 Å². The second-order valence-corrected chi connectivity index (χ2v) is 8.23. The van der Waals surface area contributed by atoms with E-state index in [1.165, 1.54) is 0 Å². The molecule has 2 amide bonds. The number of likely N-dealkylation sites (tertiary alicyclic amines) is 1. The first kappa shape index (κ1) is 21.8. The first-order valence-electron chi connectivity index (χ1n) is 10.5. The number of aryl methyl sites for hydroxylation is 2. The summed E-state index contributed by atoms with van der Waals surface area (Å²) >= 11 is 0. The largest absolute Gasteiger partial charge is 0.378 e. The van der Waals surface area contributed by atoms with Crippen LogP contribution < -0.4 is 15.5 Å². The van der Waals surface area contributed by atoms with Crippen molar-refractivity contribution in [1.82, 2.24) is 10.2 Å². The number of rotatable bonds is 6. The minimum atomic E-state index is -0.634. The molecule has 1 atom stereocenters. The molecule has 30 heavy (non-hydrogen) atoms. The van der Waals surface area contributed by atoms with E-state index in [0.717, 1.165) is 48.3 Å². The van der Waals surface area contributed by atoms with Crippen molar-refractivity contribution in [2.24, 2.45) is 0 Å². The summed E-state index contributed by atoms with van der Waals surface area (Å²) in [7, 11) is 4.03. The normalized spacial score (nSPS) is 14.9. The highest BCUT2D eigenvalue weighted by Crippen LogP contribution is 2.26. The Bertz CT molecular complexity index is 887. The summed E-state index contributed by atoms with van der Waals surface area (Å²) in [5.41, 5.74) is 5.00. The molecular formula is C24H32N4O2. The van der Waals surface area contributed by atoms with E-state index < -0.39 is 11.8 Å². The summed E-state index contributed by atoms with van der Waals surface area (Å²) in [5.74, 6) is -1.24. The van der Waals surface area contributed by atoms with Crippen LogP contribution in [0.3, 0.4) is 0 Å². The first-order valence-corrected chi connectivity index (χ1v) is 10.5. The average molecular weight is 409 g/mol. The van der Waals surface area contributed by atoms with Crippen molar-refractivity contribution in [2.45, 2.75) is 32.7 Å². The molecular weight excluding hydrogens is 376 g/mol. The van der Waals surface area contributed by atoms with E-state index in [2.05, 4.69) is 44.7 Å². The lowest BCUT2D eigenvalue weighted by Gasteiger charge is -2.28. The Morgan fingerprint density at radius 2 is 1.67 bits per heavy atom. The third-order valence-electron chi connectivity index (χ3n) is 5.67. The van der Waals surface area contributed by atoms with Crippen LogP contribution in [0.4, 0.5) is 11.4 Å². The highest BCUT2D eigenvalue weighted by Gasteiger charge is 2.25. The highest BCUT2D eigenvalue weighted by molar-refractivity contribution is 6.39. The number of amides is 2. The van der Waals surface area contributed by atoms with Crippen molar-refractivity contribution in [3.8, 4) is 0 Å². The SMILES string of the molecule is Cc1ccc(NC(=O)C(=O)NCC(c2ccc(N(C)C)cc2)N2CCCC2)c(C)c1. The summed E-state index contributed by atoms with van der Waals surface area (Å²) in [4.78, 5) is 29.3. The number of nitrogens with one attached hydrogen (secondary N) is 2. The van der Waals surface area contributed by atoms with Crippen LogP contribution >= 0.6 is 0 Å². The van der Waals surface area contributed by atoms with Crippen LogP contribution in [0, 0.1) is 13.8 Å². The number of nitrogens with zero attached hydrogens (tertiary/aromatic N) is 2. The van der Waals surface area contributed by atoms with Gasteiger partial charge in [-0.15, -0.1) is 0 Å². The van der Waals surface area contributed by atoms with E-state index in [4.69, 9.17) is 0 Å². The summed E-state index contributed by atoms with van der Waals surface area (Å²) < 4.78 is 0. The van der Waals surface area contributed by atoms with Crippen molar-refractivity contribution < 1.29 is 9.59 Å². The predicted octanol–water partition coefficient (Wildman–Crippen LogP) is 3.26. The number of carbonyl (C=O) groups is 2. The molecule has 2 aromatic rings. The molecule has 6 nitrogen and oxygen atoms in total. The molecule has 1 unspecified atom stereocenters. The number of anilines is 2. The maximum Gasteiger partial charge on any atom is 0.313 e. The topological polar surface area (TPSA) is 64.7 Å². The van der Waals surface area contributed by atoms with Crippen LogP contribution in [-0.4, -0.2) is 50.4 Å². The van der Waals surface area contributed by atoms with Gasteiger partial charge in [-0.25, -0.2) is 0 Å². The lowest BCUT2D eigenvalue weighted by molar-refractivity contribution is -0.136. The predicted molar refractivity (Wildman–Crippen MR) is 122 cm³/mol. The van der Waals surface area contributed by atoms with Crippen molar-refractivity contribution >= 4 is 23.2 Å². The van der Waals surface area contributed by atoms with Crippen molar-refractivity contribution in [2.75, 3.05) is 43.9 Å². The van der Waals surface area contributed by atoms with E-state index in [0.29, 0.717) is 12.2 Å². The zero-order valence-electron chi connectivity index (χ0n) is 18.4. The van der Waals surface area contributed by atoms with Crippen molar-refractivity contribution in [1.29, 1.82) is 0 Å². The molecule has 6 heteroatoms. The minimum absolute atomic E-state index is 0.0570. The van der Waals surface area contributed by atoms with Crippen LogP contribution in [0.1, 0.15) is 35.6 Å². The molecule has 1 fully saturated rings. The molecule has 1 heterocycles. The number of hydrogen-bond acceptors (Lipinski definition) is 4. The van der Waals surface area contributed by atoms with Gasteiger partial charge in [-0.05, 0) is 69.1 Å². The molecule has 1 aliphatic heterocycles. The lowest BCUT2D eigenvalue weighted by atomic mass is 10.0. The third-order valence-corrected chi connectivity index (χ3v) is 5.67. The third kappa shape index (κ3) is 5.39. The molecule has 0 saturated carbocycles. The van der Waals surface area contributed by atoms with E-state index in [1.54, 1.807) is 0 Å². The second kappa shape index (κ2) is 9.76. The quantitative estimate of drug-likeness (QED) is 0.720. The Morgan fingerprint density at radius 3 is 2.27 bits per heavy atom. The van der Waals surface area contributed by atoms with Crippen LogP contribution in [0.5, 0.6) is 0 Å². The fourth-order valence-corrected chi connectivity index (χ4v) is 3.91. The molecule has 0 bridgehead atoms. The average Bonchev–Trinajstić information content (AvgIpc) is 3.25. The zero-order chi connectivity index (χ0) is 21.7. The van der Waals surface area contributed by atoms with Gasteiger partial charge in [0.1, 0.15) is 0 Å². The number of carbonyl (C=O) groups excluding carboxylic acids is 2. The molecule has 0 spiro atoms. The van der Waals surface area contributed by atoms with Gasteiger partial charge in [-0.2, -0.15) is 0 Å². The fraction of sp³-hybridized carbons (Fsp3) is 0.417. The minimum Gasteiger partial charge on any atom is -0.378 e. The molecule has 1 aliphatic rings. The Kier molecular flexibility index (Phi) is 7.11. The van der Waals surface area contributed by atoms with Crippen LogP contribution in [0.25, 0.3) is 0 Å². The molecule has 2 aromatic carbocycles. The molecule has 3 rings (SSSR count). The maximum atomic E-state index is 12.5. The fourth-order valence-electron chi connectivity index (χ4n) is 3.91. The van der Waals surface area contributed by atoms with Gasteiger partial charge in [0.2, 0.25) is 0 Å². The van der Waals surface area contributed by atoms with Crippen molar-refractivity contribution in [3.05, 3.63) is 59.2 Å². The highest BCUT2D eigenvalue weighted by atomic mass is 16.2. The summed E-state index contributed by atoms with van der Waals surface area (Å²) in [6.45, 7) is 6.33. The van der Waals surface area contributed by atoms with Crippen LogP contribution in [0.15, 0.2) is 42.5 Å². The molecule has 0 radical (unpaired) electrons. The molecule has 2 N–H and O–H groups in total. The van der Waals surface area contributed by atoms with Gasteiger partial charge in [0, 0.05) is 32.0 Å². The van der Waals surface area contributed by atoms with Gasteiger partial charge in [0.25, 0.3) is 0 Å². The second-order valence-electron chi connectivity index (χ2n) is 8.23. The van der Waals surface area contributed by atoms with Gasteiger partial charge < -0.3 is 15.5 Å². The van der Waals surface area contributed by atoms with Gasteiger partial charge in [0.15, 0.2) is 0 Å². The lowest BCUT2D eigenvalue weighted by Crippen LogP contribution is -2.41. The number of hydrogen-bond donors (Lipinski definition) is 2. The standard InChI is InChI=1S/C24H32N4O2/c1-17-7-12-21(18(2)15-17)26-24(30)23(29)25-16-22(28-13-5-6-14-28)19-8-10-20(11-9-19)27(3)4/h7-12,15,22H,5-6,13-14,16H2,1-4H3,(H,25,29)(H,26,30). The zero-order valence-corrected chi connectivity index (χ0v) is 18.4. The monoisotopic (exact) mass is 408 g/mol. The molecule has 0 aromatic heterocycles. The van der Waals surface area contributed by atoms with Crippen LogP contribution in [0.2, 0.25) is 0 Å². The summed E-state index contributed by atoms with van der Waals surface area (Å²) in [6.07, 6.45) is 2.32. The van der Waals surface area contributed by atoms with Gasteiger partial charge in [0.05, 0.1) is 6.04 Å². The van der Waals surface area contributed by atoms with Gasteiger partial charge in [-0.1, -0.05) is 29.8 Å². The molecule has 0 aliphatic carbocycles. The van der Waals surface area contributed by atoms with Gasteiger partial charge >= 0.3 is 11.8 Å². The summed E-state index contributed by atoms with van der Waals surface area (Å²) in [6, 6.07) is 14.2. The van der Waals surface area contributed by atoms with Gasteiger partial charge in [-0.3, -0.25) is 14.5 Å². The van der Waals surface area contributed by atoms with E-state index in [-0.39, 0.29) is 6.04 Å². The van der Waals surface area contributed by atoms with Crippen LogP contribution in [-0.2, 0) is 9.59 Å². The Labute approximate surface area is 179 Å². The smallest absolute Gasteiger partial charge is 0.313 e. The van der Waals surface area contributed by atoms with E-state index in [9.17, 15) is 9.59 Å². The van der Waals surface area contributed by atoms with E-state index >= 15 is 0 Å². The Balaban J connectivity index is 1.65. The Morgan fingerprint density at radius 1 is 1.00 bits per heavy atom. The Hall–Kier alpha value is -2.86. The first-order chi connectivity index (χ1) is 14.3. The van der Waals surface area contributed by atoms with E-state index in [1.807, 2.05) is 46.1 Å². The summed E-state index contributed by atoms with van der Waals surface area (Å²) in [5, 5.41) is 5.56. The molecule has 160 valence electrons. The maximum absolute atomic E-state index is 12.5. The number of benzene rings is 2. The molecule has 1 saturated heterocycles.